The van der Waals surface area contributed by atoms with Gasteiger partial charge in [-0.25, -0.2) is 9.97 Å². The molecule has 0 saturated carbocycles. The Hall–Kier alpha value is -3.63. The fraction of sp³-hybridized carbons (Fsp3) is 0.391. The van der Waals surface area contributed by atoms with Crippen molar-refractivity contribution in [3.05, 3.63) is 47.5 Å². The standard InChI is InChI=1S/C23H24F3N5O3/c1-12(2)20-19-18(22(32)31(20)15-9-28-30(10-15)11-23(24,25)26)13(3)6-16(29-19)14-7-17(33-4)21(34-5)27-8-14/h6-10,12,20H,11H2,1-5H3. The zero-order valence-electron chi connectivity index (χ0n) is 19.3. The van der Waals surface area contributed by atoms with Crippen LogP contribution >= 0.6 is 0 Å². The summed E-state index contributed by atoms with van der Waals surface area (Å²) in [6.45, 7) is 4.44. The second kappa shape index (κ2) is 8.62. The molecule has 1 unspecified atom stereocenters. The van der Waals surface area contributed by atoms with Crippen molar-refractivity contribution in [3.8, 4) is 22.9 Å². The van der Waals surface area contributed by atoms with Crippen molar-refractivity contribution >= 4 is 11.6 Å². The molecule has 0 aliphatic carbocycles. The lowest BCUT2D eigenvalue weighted by atomic mass is 9.97. The number of carbonyl (C=O) groups is 1. The zero-order valence-corrected chi connectivity index (χ0v) is 19.3. The summed E-state index contributed by atoms with van der Waals surface area (Å²) < 4.78 is 49.8. The maximum atomic E-state index is 13.4. The van der Waals surface area contributed by atoms with Gasteiger partial charge in [-0.15, -0.1) is 0 Å². The maximum Gasteiger partial charge on any atom is 0.408 e. The van der Waals surface area contributed by atoms with E-state index in [0.717, 1.165) is 4.68 Å². The van der Waals surface area contributed by atoms with Gasteiger partial charge >= 0.3 is 6.18 Å². The number of halogens is 3. The topological polar surface area (TPSA) is 82.4 Å². The van der Waals surface area contributed by atoms with Crippen LogP contribution in [-0.2, 0) is 6.54 Å². The van der Waals surface area contributed by atoms with Gasteiger partial charge in [0.25, 0.3) is 11.8 Å². The minimum atomic E-state index is -4.42. The Kier molecular flexibility index (Phi) is 5.96. The second-order valence-corrected chi connectivity index (χ2v) is 8.40. The highest BCUT2D eigenvalue weighted by atomic mass is 19.4. The van der Waals surface area contributed by atoms with Crippen molar-refractivity contribution < 1.29 is 27.4 Å². The average Bonchev–Trinajstić information content (AvgIpc) is 3.33. The largest absolute Gasteiger partial charge is 0.491 e. The fourth-order valence-electron chi connectivity index (χ4n) is 4.22. The molecule has 0 saturated heterocycles. The number of amides is 1. The summed E-state index contributed by atoms with van der Waals surface area (Å²) in [6.07, 6.45) is -0.296. The average molecular weight is 475 g/mol. The predicted octanol–water partition coefficient (Wildman–Crippen LogP) is 4.59. The lowest BCUT2D eigenvalue weighted by molar-refractivity contribution is -0.142. The number of nitrogens with zero attached hydrogens (tertiary/aromatic N) is 5. The summed E-state index contributed by atoms with van der Waals surface area (Å²) >= 11 is 0. The smallest absolute Gasteiger partial charge is 0.408 e. The molecule has 0 fully saturated rings. The predicted molar refractivity (Wildman–Crippen MR) is 118 cm³/mol. The first-order valence-corrected chi connectivity index (χ1v) is 10.6. The van der Waals surface area contributed by atoms with Crippen LogP contribution < -0.4 is 14.4 Å². The molecule has 1 amide bonds. The molecule has 4 rings (SSSR count). The molecule has 0 N–H and O–H groups in total. The van der Waals surface area contributed by atoms with Gasteiger partial charge in [-0.3, -0.25) is 14.4 Å². The number of methoxy groups -OCH3 is 2. The Morgan fingerprint density at radius 1 is 1.15 bits per heavy atom. The number of hydrogen-bond donors (Lipinski definition) is 0. The molecule has 0 radical (unpaired) electrons. The summed E-state index contributed by atoms with van der Waals surface area (Å²) in [5.41, 5.74) is 3.27. The van der Waals surface area contributed by atoms with E-state index in [9.17, 15) is 18.0 Å². The Balaban J connectivity index is 1.78. The number of aryl methyl sites for hydroxylation is 1. The number of carbonyl (C=O) groups excluding carboxylic acids is 1. The molecular formula is C23H24F3N5O3. The highest BCUT2D eigenvalue weighted by Gasteiger charge is 2.43. The Morgan fingerprint density at radius 3 is 2.50 bits per heavy atom. The van der Waals surface area contributed by atoms with Crippen LogP contribution in [0.25, 0.3) is 11.3 Å². The van der Waals surface area contributed by atoms with Gasteiger partial charge in [0, 0.05) is 18.0 Å². The summed E-state index contributed by atoms with van der Waals surface area (Å²) in [5.74, 6) is 0.389. The number of aromatic nitrogens is 4. The van der Waals surface area contributed by atoms with Crippen LogP contribution in [0.5, 0.6) is 11.6 Å². The Bertz CT molecular complexity index is 1240. The first-order valence-electron chi connectivity index (χ1n) is 10.6. The number of ether oxygens (including phenoxy) is 2. The van der Waals surface area contributed by atoms with Crippen LogP contribution in [0, 0.1) is 12.8 Å². The summed E-state index contributed by atoms with van der Waals surface area (Å²) in [5, 5.41) is 3.81. The Morgan fingerprint density at radius 2 is 1.88 bits per heavy atom. The van der Waals surface area contributed by atoms with Gasteiger partial charge in [0.15, 0.2) is 5.75 Å². The lowest BCUT2D eigenvalue weighted by Crippen LogP contribution is -2.30. The molecule has 180 valence electrons. The third-order valence-corrected chi connectivity index (χ3v) is 5.63. The van der Waals surface area contributed by atoms with Crippen molar-refractivity contribution in [3.63, 3.8) is 0 Å². The molecule has 1 aliphatic heterocycles. The van der Waals surface area contributed by atoms with Gasteiger partial charge in [-0.05, 0) is 30.5 Å². The lowest BCUT2D eigenvalue weighted by Gasteiger charge is -2.26. The van der Waals surface area contributed by atoms with Crippen molar-refractivity contribution in [1.29, 1.82) is 0 Å². The van der Waals surface area contributed by atoms with Crippen molar-refractivity contribution in [1.82, 2.24) is 19.7 Å². The van der Waals surface area contributed by atoms with Crippen LogP contribution in [0.3, 0.4) is 0 Å². The Labute approximate surface area is 194 Å². The molecule has 1 atom stereocenters. The third kappa shape index (κ3) is 4.17. The van der Waals surface area contributed by atoms with Crippen LogP contribution in [-0.4, -0.2) is 46.1 Å². The van der Waals surface area contributed by atoms with E-state index < -0.39 is 18.8 Å². The summed E-state index contributed by atoms with van der Waals surface area (Å²) in [4.78, 5) is 24.0. The van der Waals surface area contributed by atoms with E-state index in [-0.39, 0.29) is 11.8 Å². The van der Waals surface area contributed by atoms with Gasteiger partial charge in [-0.2, -0.15) is 18.3 Å². The van der Waals surface area contributed by atoms with Crippen LogP contribution in [0.15, 0.2) is 30.7 Å². The molecule has 0 aromatic carbocycles. The highest BCUT2D eigenvalue weighted by Crippen LogP contribution is 2.43. The van der Waals surface area contributed by atoms with E-state index in [0.29, 0.717) is 45.4 Å². The number of rotatable bonds is 6. The first-order chi connectivity index (χ1) is 16.0. The van der Waals surface area contributed by atoms with Crippen molar-refractivity contribution in [2.24, 2.45) is 5.92 Å². The molecule has 4 heterocycles. The van der Waals surface area contributed by atoms with Gasteiger partial charge in [0.2, 0.25) is 0 Å². The number of pyridine rings is 2. The van der Waals surface area contributed by atoms with Crippen LogP contribution in [0.1, 0.15) is 41.5 Å². The van der Waals surface area contributed by atoms with E-state index >= 15 is 0 Å². The molecule has 34 heavy (non-hydrogen) atoms. The molecule has 8 nitrogen and oxygen atoms in total. The fourth-order valence-corrected chi connectivity index (χ4v) is 4.22. The third-order valence-electron chi connectivity index (χ3n) is 5.63. The van der Waals surface area contributed by atoms with Gasteiger partial charge < -0.3 is 9.47 Å². The second-order valence-electron chi connectivity index (χ2n) is 8.40. The zero-order chi connectivity index (χ0) is 24.8. The molecule has 3 aromatic heterocycles. The molecule has 11 heteroatoms. The normalized spacial score (nSPS) is 15.7. The maximum absolute atomic E-state index is 13.4. The van der Waals surface area contributed by atoms with E-state index in [1.165, 1.54) is 31.5 Å². The van der Waals surface area contributed by atoms with Crippen molar-refractivity contribution in [2.75, 3.05) is 19.1 Å². The quantitative estimate of drug-likeness (QED) is 0.519. The number of fused-ring (bicyclic) bond motifs is 1. The van der Waals surface area contributed by atoms with E-state index in [2.05, 4.69) is 10.1 Å². The summed E-state index contributed by atoms with van der Waals surface area (Å²) in [7, 11) is 3.00. The summed E-state index contributed by atoms with van der Waals surface area (Å²) in [6, 6.07) is 3.06. The van der Waals surface area contributed by atoms with E-state index in [1.807, 2.05) is 20.8 Å². The molecule has 1 aliphatic rings. The monoisotopic (exact) mass is 475 g/mol. The number of anilines is 1. The van der Waals surface area contributed by atoms with E-state index in [1.54, 1.807) is 18.3 Å². The highest BCUT2D eigenvalue weighted by molar-refractivity contribution is 6.11. The van der Waals surface area contributed by atoms with Gasteiger partial charge in [-0.1, -0.05) is 13.8 Å². The molecular weight excluding hydrogens is 451 g/mol. The minimum Gasteiger partial charge on any atom is -0.491 e. The number of hydrogen-bond acceptors (Lipinski definition) is 6. The van der Waals surface area contributed by atoms with Gasteiger partial charge in [0.05, 0.1) is 49.1 Å². The minimum absolute atomic E-state index is 0.0677. The van der Waals surface area contributed by atoms with E-state index in [4.69, 9.17) is 14.5 Å². The van der Waals surface area contributed by atoms with Crippen molar-refractivity contribution in [2.45, 2.75) is 39.5 Å². The first kappa shape index (κ1) is 23.5. The SMILES string of the molecule is COc1cc(-c2cc(C)c3c(n2)C(C(C)C)N(c2cnn(CC(F)(F)F)c2)C3=O)cnc1OC. The number of alkyl halides is 3. The molecule has 0 spiro atoms. The van der Waals surface area contributed by atoms with Crippen LogP contribution in [0.2, 0.25) is 0 Å². The molecule has 3 aromatic rings. The van der Waals surface area contributed by atoms with Crippen LogP contribution in [0.4, 0.5) is 18.9 Å². The molecule has 0 bridgehead atoms. The van der Waals surface area contributed by atoms with Gasteiger partial charge in [0.1, 0.15) is 6.54 Å².